The van der Waals surface area contributed by atoms with Crippen molar-refractivity contribution >= 4 is 17.8 Å². The fraction of sp³-hybridized carbons (Fsp3) is 0.423. The number of hydrogen-bond donors (Lipinski definition) is 0. The second kappa shape index (κ2) is 8.34. The van der Waals surface area contributed by atoms with Crippen LogP contribution in [-0.4, -0.2) is 60.0 Å². The van der Waals surface area contributed by atoms with E-state index in [9.17, 15) is 14.4 Å². The molecule has 0 aliphatic carbocycles. The highest BCUT2D eigenvalue weighted by atomic mass is 16.5. The number of hydrogen-bond acceptors (Lipinski definition) is 6. The Balaban J connectivity index is 1.59. The summed E-state index contributed by atoms with van der Waals surface area (Å²) >= 11 is 0. The summed E-state index contributed by atoms with van der Waals surface area (Å²) in [7, 11) is 1.57. The molecule has 3 aliphatic rings. The zero-order valence-corrected chi connectivity index (χ0v) is 19.5. The fourth-order valence-electron chi connectivity index (χ4n) is 5.83. The highest BCUT2D eigenvalue weighted by Gasteiger charge is 2.69. The highest BCUT2D eigenvalue weighted by molar-refractivity contribution is 6.02. The standard InChI is InChI=1S/C26H28N2O6/c1-4-33-24(30)22-19-15-34-20-12-17(32-3)10-11-18(20)23(19)28-21(29)14-27(25(31)26(22,28)2)13-16-8-6-5-7-9-16/h5-12,19,22-23H,4,13-15H2,1-3H3/t19-,22-,23+,26-/m1/s1. The Bertz CT molecular complexity index is 1140. The smallest absolute Gasteiger partial charge is 0.312 e. The number of fused-ring (bicyclic) bond motifs is 5. The zero-order chi connectivity index (χ0) is 24.0. The molecule has 0 unspecified atom stereocenters. The van der Waals surface area contributed by atoms with Crippen LogP contribution in [0.25, 0.3) is 0 Å². The first-order valence-electron chi connectivity index (χ1n) is 11.5. The van der Waals surface area contributed by atoms with Gasteiger partial charge in [-0.3, -0.25) is 14.4 Å². The molecule has 8 nitrogen and oxygen atoms in total. The molecule has 178 valence electrons. The largest absolute Gasteiger partial charge is 0.497 e. The molecule has 2 amide bonds. The van der Waals surface area contributed by atoms with Gasteiger partial charge in [0.05, 0.1) is 32.3 Å². The van der Waals surface area contributed by atoms with Crippen LogP contribution in [0.2, 0.25) is 0 Å². The van der Waals surface area contributed by atoms with E-state index in [0.29, 0.717) is 18.0 Å². The second-order valence-electron chi connectivity index (χ2n) is 9.11. The van der Waals surface area contributed by atoms with Crippen molar-refractivity contribution in [1.29, 1.82) is 0 Å². The van der Waals surface area contributed by atoms with E-state index in [-0.39, 0.29) is 31.6 Å². The van der Waals surface area contributed by atoms with Crippen LogP contribution in [0, 0.1) is 11.8 Å². The van der Waals surface area contributed by atoms with Gasteiger partial charge in [0.1, 0.15) is 23.6 Å². The first-order chi connectivity index (χ1) is 16.4. The molecule has 34 heavy (non-hydrogen) atoms. The Morgan fingerprint density at radius 1 is 1.18 bits per heavy atom. The number of esters is 1. The number of rotatable bonds is 5. The Labute approximate surface area is 198 Å². The van der Waals surface area contributed by atoms with Crippen molar-refractivity contribution in [3.8, 4) is 11.5 Å². The lowest BCUT2D eigenvalue weighted by atomic mass is 9.77. The molecule has 0 saturated carbocycles. The van der Waals surface area contributed by atoms with Crippen molar-refractivity contribution < 1.29 is 28.6 Å². The molecule has 5 rings (SSSR count). The summed E-state index contributed by atoms with van der Waals surface area (Å²) in [6.07, 6.45) is 0. The third-order valence-corrected chi connectivity index (χ3v) is 7.26. The van der Waals surface area contributed by atoms with Gasteiger partial charge in [0, 0.05) is 24.1 Å². The van der Waals surface area contributed by atoms with E-state index < -0.39 is 29.4 Å². The van der Waals surface area contributed by atoms with Gasteiger partial charge in [0.2, 0.25) is 11.8 Å². The van der Waals surface area contributed by atoms with Crippen LogP contribution in [0.5, 0.6) is 11.5 Å². The summed E-state index contributed by atoms with van der Waals surface area (Å²) in [4.78, 5) is 44.1. The molecule has 0 bridgehead atoms. The second-order valence-corrected chi connectivity index (χ2v) is 9.11. The van der Waals surface area contributed by atoms with Crippen molar-refractivity contribution in [2.24, 2.45) is 11.8 Å². The molecule has 0 radical (unpaired) electrons. The molecule has 8 heteroatoms. The van der Waals surface area contributed by atoms with Crippen molar-refractivity contribution in [2.45, 2.75) is 32.0 Å². The third-order valence-electron chi connectivity index (χ3n) is 7.26. The minimum atomic E-state index is -1.38. The lowest BCUT2D eigenvalue weighted by molar-refractivity contribution is -0.170. The summed E-state index contributed by atoms with van der Waals surface area (Å²) in [5.74, 6) is -0.945. The summed E-state index contributed by atoms with van der Waals surface area (Å²) in [6.45, 7) is 4.07. The lowest BCUT2D eigenvalue weighted by Gasteiger charge is -2.47. The van der Waals surface area contributed by atoms with Crippen LogP contribution in [0.4, 0.5) is 0 Å². The van der Waals surface area contributed by atoms with E-state index in [0.717, 1.165) is 11.1 Å². The number of carbonyl (C=O) groups excluding carboxylic acids is 3. The van der Waals surface area contributed by atoms with Crippen LogP contribution in [0.3, 0.4) is 0 Å². The third kappa shape index (κ3) is 3.23. The fourth-order valence-corrected chi connectivity index (χ4v) is 5.83. The van der Waals surface area contributed by atoms with E-state index >= 15 is 0 Å². The first-order valence-corrected chi connectivity index (χ1v) is 11.5. The molecule has 2 fully saturated rings. The molecular formula is C26H28N2O6. The number of ether oxygens (including phenoxy) is 3. The van der Waals surface area contributed by atoms with Gasteiger partial charge >= 0.3 is 5.97 Å². The van der Waals surface area contributed by atoms with Crippen LogP contribution in [0.15, 0.2) is 48.5 Å². The topological polar surface area (TPSA) is 85.4 Å². The SMILES string of the molecule is CCOC(=O)[C@H]1[C@H]2COc3cc(OC)ccc3[C@@H]2N2C(=O)CN(Cc3ccccc3)C(=O)[C@@]12C. The number of benzene rings is 2. The number of amides is 2. The Kier molecular flexibility index (Phi) is 5.46. The Hall–Kier alpha value is -3.55. The summed E-state index contributed by atoms with van der Waals surface area (Å²) < 4.78 is 16.8. The molecule has 3 heterocycles. The van der Waals surface area contributed by atoms with Gasteiger partial charge in [-0.1, -0.05) is 30.3 Å². The monoisotopic (exact) mass is 464 g/mol. The molecule has 2 saturated heterocycles. The number of nitrogens with zero attached hydrogens (tertiary/aromatic N) is 2. The molecule has 2 aromatic rings. The number of methoxy groups -OCH3 is 1. The maximum absolute atomic E-state index is 14.0. The summed E-state index contributed by atoms with van der Waals surface area (Å²) in [6, 6.07) is 14.5. The quantitative estimate of drug-likeness (QED) is 0.633. The van der Waals surface area contributed by atoms with Crippen molar-refractivity contribution in [2.75, 3.05) is 26.9 Å². The predicted molar refractivity (Wildman–Crippen MR) is 122 cm³/mol. The summed E-state index contributed by atoms with van der Waals surface area (Å²) in [5, 5.41) is 0. The van der Waals surface area contributed by atoms with E-state index in [4.69, 9.17) is 14.2 Å². The van der Waals surface area contributed by atoms with E-state index in [1.54, 1.807) is 42.9 Å². The molecular weight excluding hydrogens is 436 g/mol. The van der Waals surface area contributed by atoms with Crippen LogP contribution in [0.1, 0.15) is 31.0 Å². The summed E-state index contributed by atoms with van der Waals surface area (Å²) in [5.41, 5.74) is 0.314. The molecule has 4 atom stereocenters. The molecule has 0 spiro atoms. The molecule has 0 N–H and O–H groups in total. The van der Waals surface area contributed by atoms with Gasteiger partial charge in [-0.05, 0) is 31.5 Å². The van der Waals surface area contributed by atoms with Crippen LogP contribution in [-0.2, 0) is 25.7 Å². The minimum Gasteiger partial charge on any atom is -0.497 e. The van der Waals surface area contributed by atoms with Crippen LogP contribution >= 0.6 is 0 Å². The molecule has 2 aromatic carbocycles. The van der Waals surface area contributed by atoms with E-state index in [2.05, 4.69) is 0 Å². The van der Waals surface area contributed by atoms with Gasteiger partial charge in [-0.15, -0.1) is 0 Å². The van der Waals surface area contributed by atoms with Crippen molar-refractivity contribution in [1.82, 2.24) is 9.80 Å². The van der Waals surface area contributed by atoms with Gasteiger partial charge in [-0.25, -0.2) is 0 Å². The number of carbonyl (C=O) groups is 3. The predicted octanol–water partition coefficient (Wildman–Crippen LogP) is 2.57. The van der Waals surface area contributed by atoms with Gasteiger partial charge in [-0.2, -0.15) is 0 Å². The van der Waals surface area contributed by atoms with Gasteiger partial charge in [0.25, 0.3) is 0 Å². The van der Waals surface area contributed by atoms with E-state index in [1.165, 1.54) is 0 Å². The molecule has 0 aromatic heterocycles. The first kappa shape index (κ1) is 22.3. The van der Waals surface area contributed by atoms with Crippen molar-refractivity contribution in [3.05, 3.63) is 59.7 Å². The van der Waals surface area contributed by atoms with Crippen LogP contribution < -0.4 is 9.47 Å². The van der Waals surface area contributed by atoms with Gasteiger partial charge < -0.3 is 24.0 Å². The molecule has 3 aliphatic heterocycles. The normalized spacial score (nSPS) is 27.4. The lowest BCUT2D eigenvalue weighted by Crippen LogP contribution is -2.67. The Morgan fingerprint density at radius 2 is 1.94 bits per heavy atom. The maximum Gasteiger partial charge on any atom is 0.312 e. The average Bonchev–Trinajstić information content (AvgIpc) is 3.13. The minimum absolute atomic E-state index is 0.0472. The van der Waals surface area contributed by atoms with Crippen molar-refractivity contribution in [3.63, 3.8) is 0 Å². The highest BCUT2D eigenvalue weighted by Crippen LogP contribution is 2.57. The zero-order valence-electron chi connectivity index (χ0n) is 19.5. The average molecular weight is 465 g/mol. The van der Waals surface area contributed by atoms with E-state index in [1.807, 2.05) is 36.4 Å². The maximum atomic E-state index is 14.0. The number of piperazine rings is 1. The Morgan fingerprint density at radius 3 is 2.65 bits per heavy atom. The van der Waals surface area contributed by atoms with Gasteiger partial charge in [0.15, 0.2) is 0 Å².